The third-order valence-corrected chi connectivity index (χ3v) is 8.84. The number of anilines is 1. The molecule has 0 saturated heterocycles. The molecule has 4 aromatic carbocycles. The summed E-state index contributed by atoms with van der Waals surface area (Å²) in [5.74, 6) is -0.346. The summed E-state index contributed by atoms with van der Waals surface area (Å²) in [6.45, 7) is 6.89. The number of hydrogen-bond acceptors (Lipinski definition) is 6. The third kappa shape index (κ3) is 8.32. The van der Waals surface area contributed by atoms with Crippen LogP contribution in [0.15, 0.2) is 107 Å². The number of rotatable bonds is 12. The van der Waals surface area contributed by atoms with Gasteiger partial charge >= 0.3 is 0 Å². The van der Waals surface area contributed by atoms with E-state index in [4.69, 9.17) is 4.74 Å². The van der Waals surface area contributed by atoms with Gasteiger partial charge in [0.25, 0.3) is 21.8 Å². The van der Waals surface area contributed by atoms with E-state index in [0.717, 1.165) is 26.6 Å². The van der Waals surface area contributed by atoms with E-state index in [-0.39, 0.29) is 23.5 Å². The fourth-order valence-corrected chi connectivity index (χ4v) is 5.87. The lowest BCUT2D eigenvalue weighted by Crippen LogP contribution is -2.40. The van der Waals surface area contributed by atoms with E-state index >= 15 is 0 Å². The standard InChI is InChI=1S/C34H36N4O5S/c1-24-13-19-31(20-14-24)44(41,42)38(32-12-8-9-25(2)26(32)3)22-33(39)37-35-21-28-15-17-30(18-16-28)43-23-34(40)36-27(4)29-10-6-5-7-11-29/h5-21,27H,22-23H2,1-4H3,(H,36,40)(H,37,39)/b35-21-/t27-/m1/s1. The zero-order valence-electron chi connectivity index (χ0n) is 25.2. The topological polar surface area (TPSA) is 117 Å². The summed E-state index contributed by atoms with van der Waals surface area (Å²) in [6, 6.07) is 28.2. The van der Waals surface area contributed by atoms with Gasteiger partial charge in [-0.1, -0.05) is 60.2 Å². The Morgan fingerprint density at radius 3 is 2.23 bits per heavy atom. The van der Waals surface area contributed by atoms with E-state index in [0.29, 0.717) is 17.0 Å². The van der Waals surface area contributed by atoms with Gasteiger partial charge in [0.15, 0.2) is 6.61 Å². The first-order valence-electron chi connectivity index (χ1n) is 14.1. The van der Waals surface area contributed by atoms with Crippen molar-refractivity contribution < 1.29 is 22.7 Å². The number of carbonyl (C=O) groups excluding carboxylic acids is 2. The van der Waals surface area contributed by atoms with Crippen LogP contribution in [0.5, 0.6) is 5.75 Å². The Morgan fingerprint density at radius 1 is 0.864 bits per heavy atom. The number of benzene rings is 4. The number of ether oxygens (including phenoxy) is 1. The lowest BCUT2D eigenvalue weighted by atomic mass is 10.1. The number of sulfonamides is 1. The molecule has 0 radical (unpaired) electrons. The summed E-state index contributed by atoms with van der Waals surface area (Å²) in [7, 11) is -4.04. The third-order valence-electron chi connectivity index (χ3n) is 7.07. The minimum Gasteiger partial charge on any atom is -0.484 e. The van der Waals surface area contributed by atoms with Crippen LogP contribution in [0.1, 0.15) is 40.8 Å². The molecule has 10 heteroatoms. The van der Waals surface area contributed by atoms with E-state index in [2.05, 4.69) is 15.8 Å². The zero-order valence-corrected chi connectivity index (χ0v) is 26.0. The molecule has 0 aromatic heterocycles. The van der Waals surface area contributed by atoms with Crippen LogP contribution in [0.25, 0.3) is 0 Å². The molecule has 0 spiro atoms. The number of aryl methyl sites for hydroxylation is 2. The summed E-state index contributed by atoms with van der Waals surface area (Å²) < 4.78 is 34.0. The molecule has 0 heterocycles. The fraction of sp³-hybridized carbons (Fsp3) is 0.206. The first kappa shape index (κ1) is 32.0. The average Bonchev–Trinajstić information content (AvgIpc) is 3.01. The minimum absolute atomic E-state index is 0.0887. The van der Waals surface area contributed by atoms with Crippen LogP contribution >= 0.6 is 0 Å². The molecule has 0 fully saturated rings. The largest absolute Gasteiger partial charge is 0.484 e. The van der Waals surface area contributed by atoms with Crippen molar-refractivity contribution in [2.24, 2.45) is 5.10 Å². The summed E-state index contributed by atoms with van der Waals surface area (Å²) in [5.41, 5.74) is 7.09. The van der Waals surface area contributed by atoms with Crippen LogP contribution in [0.3, 0.4) is 0 Å². The SMILES string of the molecule is Cc1ccc(S(=O)(=O)N(CC(=O)N/N=C\c2ccc(OCC(=O)N[C@H](C)c3ccccc3)cc2)c2cccc(C)c2C)cc1. The van der Waals surface area contributed by atoms with Crippen LogP contribution in [0.2, 0.25) is 0 Å². The second-order valence-corrected chi connectivity index (χ2v) is 12.3. The van der Waals surface area contributed by atoms with E-state index < -0.39 is 22.5 Å². The number of amides is 2. The van der Waals surface area contributed by atoms with Crippen molar-refractivity contribution >= 4 is 33.7 Å². The van der Waals surface area contributed by atoms with E-state index in [9.17, 15) is 18.0 Å². The van der Waals surface area contributed by atoms with E-state index in [1.54, 1.807) is 48.5 Å². The van der Waals surface area contributed by atoms with Gasteiger partial charge in [-0.25, -0.2) is 13.8 Å². The molecule has 0 aliphatic heterocycles. The van der Waals surface area contributed by atoms with E-state index in [1.165, 1.54) is 18.3 Å². The Labute approximate surface area is 258 Å². The maximum Gasteiger partial charge on any atom is 0.264 e. The van der Waals surface area contributed by atoms with Gasteiger partial charge in [-0.2, -0.15) is 5.10 Å². The minimum atomic E-state index is -4.04. The highest BCUT2D eigenvalue weighted by atomic mass is 32.2. The summed E-state index contributed by atoms with van der Waals surface area (Å²) >= 11 is 0. The molecule has 4 aromatic rings. The van der Waals surface area contributed by atoms with Crippen molar-refractivity contribution in [2.75, 3.05) is 17.5 Å². The van der Waals surface area contributed by atoms with Crippen LogP contribution < -0.4 is 19.8 Å². The highest BCUT2D eigenvalue weighted by molar-refractivity contribution is 7.92. The molecular formula is C34H36N4O5S. The van der Waals surface area contributed by atoms with Gasteiger partial charge in [0.05, 0.1) is 22.8 Å². The van der Waals surface area contributed by atoms with Crippen LogP contribution in [-0.2, 0) is 19.6 Å². The van der Waals surface area contributed by atoms with Crippen molar-refractivity contribution in [3.63, 3.8) is 0 Å². The van der Waals surface area contributed by atoms with Crippen molar-refractivity contribution in [3.8, 4) is 5.75 Å². The predicted octanol–water partition coefficient (Wildman–Crippen LogP) is 5.21. The second kappa shape index (κ2) is 14.5. The van der Waals surface area contributed by atoms with Crippen LogP contribution in [-0.4, -0.2) is 39.6 Å². The van der Waals surface area contributed by atoms with Crippen molar-refractivity contribution in [2.45, 2.75) is 38.6 Å². The summed E-state index contributed by atoms with van der Waals surface area (Å²) in [4.78, 5) is 25.3. The Balaban J connectivity index is 1.36. The number of nitrogens with zero attached hydrogens (tertiary/aromatic N) is 2. The van der Waals surface area contributed by atoms with Gasteiger partial charge in [-0.05, 0) is 92.4 Å². The molecule has 2 amide bonds. The van der Waals surface area contributed by atoms with Gasteiger partial charge in [-0.15, -0.1) is 0 Å². The molecule has 1 atom stereocenters. The normalized spacial score (nSPS) is 12.0. The Hall–Kier alpha value is -4.96. The highest BCUT2D eigenvalue weighted by Crippen LogP contribution is 2.28. The maximum atomic E-state index is 13.7. The molecule has 9 nitrogen and oxygen atoms in total. The molecule has 228 valence electrons. The Kier molecular flexibility index (Phi) is 10.5. The van der Waals surface area contributed by atoms with Gasteiger partial charge in [0, 0.05) is 0 Å². The van der Waals surface area contributed by atoms with Gasteiger partial charge < -0.3 is 10.1 Å². The number of nitrogens with one attached hydrogen (secondary N) is 2. The maximum absolute atomic E-state index is 13.7. The van der Waals surface area contributed by atoms with Gasteiger partial charge in [0.2, 0.25) is 0 Å². The van der Waals surface area contributed by atoms with Gasteiger partial charge in [-0.3, -0.25) is 13.9 Å². The van der Waals surface area contributed by atoms with Gasteiger partial charge in [0.1, 0.15) is 12.3 Å². The molecule has 0 unspecified atom stereocenters. The molecule has 0 bridgehead atoms. The number of hydrazone groups is 1. The molecular weight excluding hydrogens is 576 g/mol. The highest BCUT2D eigenvalue weighted by Gasteiger charge is 2.28. The Morgan fingerprint density at radius 2 is 1.55 bits per heavy atom. The lowest BCUT2D eigenvalue weighted by Gasteiger charge is -2.26. The summed E-state index contributed by atoms with van der Waals surface area (Å²) in [5, 5.41) is 6.91. The molecule has 0 saturated carbocycles. The van der Waals surface area contributed by atoms with Crippen molar-refractivity contribution in [1.82, 2.24) is 10.7 Å². The van der Waals surface area contributed by atoms with Crippen LogP contribution in [0, 0.1) is 20.8 Å². The molecule has 4 rings (SSSR count). The lowest BCUT2D eigenvalue weighted by molar-refractivity contribution is -0.123. The quantitative estimate of drug-likeness (QED) is 0.168. The molecule has 44 heavy (non-hydrogen) atoms. The molecule has 0 aliphatic rings. The Bertz CT molecular complexity index is 1720. The van der Waals surface area contributed by atoms with Crippen LogP contribution in [0.4, 0.5) is 5.69 Å². The molecule has 0 aliphatic carbocycles. The average molecular weight is 613 g/mol. The number of carbonyl (C=O) groups is 2. The predicted molar refractivity (Wildman–Crippen MR) is 172 cm³/mol. The first-order valence-corrected chi connectivity index (χ1v) is 15.5. The van der Waals surface area contributed by atoms with E-state index in [1.807, 2.05) is 64.1 Å². The monoisotopic (exact) mass is 612 g/mol. The van der Waals surface area contributed by atoms with Crippen molar-refractivity contribution in [3.05, 3.63) is 125 Å². The number of hydrogen-bond donors (Lipinski definition) is 2. The second-order valence-electron chi connectivity index (χ2n) is 10.4. The zero-order chi connectivity index (χ0) is 31.7. The summed E-state index contributed by atoms with van der Waals surface area (Å²) in [6.07, 6.45) is 1.44. The molecule has 2 N–H and O–H groups in total. The van der Waals surface area contributed by atoms with Crippen molar-refractivity contribution in [1.29, 1.82) is 0 Å². The first-order chi connectivity index (χ1) is 21.0. The smallest absolute Gasteiger partial charge is 0.264 e. The fourth-order valence-electron chi connectivity index (χ4n) is 4.39.